The van der Waals surface area contributed by atoms with Crippen LogP contribution in [0.15, 0.2) is 61.0 Å². The number of methoxy groups -OCH3 is 1. The molecule has 3 heterocycles. The van der Waals surface area contributed by atoms with Crippen LogP contribution in [-0.2, 0) is 9.53 Å². The normalized spacial score (nSPS) is 18.3. The van der Waals surface area contributed by atoms with Crippen LogP contribution >= 0.6 is 11.6 Å². The van der Waals surface area contributed by atoms with Gasteiger partial charge in [0.15, 0.2) is 0 Å². The fraction of sp³-hybridized carbons (Fsp3) is 0.310. The average Bonchev–Trinajstić information content (AvgIpc) is 3.56. The molecule has 2 amide bonds. The Kier molecular flexibility index (Phi) is 8.18. The molecule has 0 bridgehead atoms. The van der Waals surface area contributed by atoms with Crippen LogP contribution < -0.4 is 15.4 Å². The fourth-order valence-electron chi connectivity index (χ4n) is 4.96. The van der Waals surface area contributed by atoms with Gasteiger partial charge in [0.2, 0.25) is 11.9 Å². The average molecular weight is 564 g/mol. The van der Waals surface area contributed by atoms with Crippen LogP contribution in [0.3, 0.4) is 0 Å². The summed E-state index contributed by atoms with van der Waals surface area (Å²) in [6, 6.07) is 12.1. The van der Waals surface area contributed by atoms with Crippen LogP contribution in [0.1, 0.15) is 46.9 Å². The summed E-state index contributed by atoms with van der Waals surface area (Å²) in [6.45, 7) is 2.06. The number of nitrogens with one attached hydrogen (secondary N) is 2. The maximum atomic E-state index is 13.6. The molecule has 2 unspecified atom stereocenters. The Morgan fingerprint density at radius 2 is 2.15 bits per heavy atom. The third-order valence-electron chi connectivity index (χ3n) is 6.98. The molecular formula is C29H30ClN5O5. The van der Waals surface area contributed by atoms with Gasteiger partial charge in [0.1, 0.15) is 18.9 Å². The first kappa shape index (κ1) is 27.4. The first-order chi connectivity index (χ1) is 19.4. The maximum absolute atomic E-state index is 13.6. The largest absolute Gasteiger partial charge is 0.499 e. The minimum Gasteiger partial charge on any atom is -0.499 e. The number of carbonyl (C=O) groups excluding carboxylic acids is 2. The van der Waals surface area contributed by atoms with Gasteiger partial charge in [-0.2, -0.15) is 0 Å². The molecule has 11 heteroatoms. The molecule has 3 aromatic rings. The summed E-state index contributed by atoms with van der Waals surface area (Å²) in [5.41, 5.74) is 3.18. The molecule has 0 saturated heterocycles. The van der Waals surface area contributed by atoms with E-state index in [1.165, 1.54) is 11.1 Å². The number of ether oxygens (including phenoxy) is 2. The predicted molar refractivity (Wildman–Crippen MR) is 150 cm³/mol. The van der Waals surface area contributed by atoms with Crippen molar-refractivity contribution in [3.05, 3.63) is 82.7 Å². The number of aromatic nitrogens is 2. The summed E-state index contributed by atoms with van der Waals surface area (Å²) in [5.74, 6) is 0.474. The van der Waals surface area contributed by atoms with E-state index in [0.29, 0.717) is 46.6 Å². The Balaban J connectivity index is 1.35. The zero-order valence-corrected chi connectivity index (χ0v) is 22.9. The van der Waals surface area contributed by atoms with Crippen molar-refractivity contribution in [1.29, 1.82) is 0 Å². The van der Waals surface area contributed by atoms with E-state index in [1.807, 2.05) is 49.4 Å². The molecule has 0 radical (unpaired) electrons. The van der Waals surface area contributed by atoms with Crippen molar-refractivity contribution in [3.63, 3.8) is 0 Å². The second-order valence-corrected chi connectivity index (χ2v) is 10.0. The van der Waals surface area contributed by atoms with Crippen LogP contribution in [0.2, 0.25) is 5.02 Å². The van der Waals surface area contributed by atoms with Gasteiger partial charge in [-0.1, -0.05) is 35.9 Å². The highest BCUT2D eigenvalue weighted by molar-refractivity contribution is 6.33. The zero-order valence-electron chi connectivity index (χ0n) is 22.1. The highest BCUT2D eigenvalue weighted by Gasteiger charge is 2.38. The van der Waals surface area contributed by atoms with Crippen LogP contribution in [0.4, 0.5) is 5.95 Å². The number of hydrogen-bond donors (Lipinski definition) is 3. The van der Waals surface area contributed by atoms with Gasteiger partial charge in [-0.25, -0.2) is 9.97 Å². The molecule has 0 fully saturated rings. The molecule has 5 rings (SSSR count). The molecule has 2 aliphatic heterocycles. The smallest absolute Gasteiger partial charge is 0.255 e. The number of carbonyl (C=O) groups is 2. The quantitative estimate of drug-likeness (QED) is 0.339. The summed E-state index contributed by atoms with van der Waals surface area (Å²) in [7, 11) is 1.59. The topological polar surface area (TPSA) is 126 Å². The molecule has 0 aliphatic carbocycles. The van der Waals surface area contributed by atoms with Gasteiger partial charge in [0.25, 0.3) is 5.91 Å². The first-order valence-corrected chi connectivity index (χ1v) is 13.3. The lowest BCUT2D eigenvalue weighted by Gasteiger charge is -2.25. The number of nitrogens with zero attached hydrogens (tertiary/aromatic N) is 3. The van der Waals surface area contributed by atoms with E-state index in [4.69, 9.17) is 21.1 Å². The second-order valence-electron chi connectivity index (χ2n) is 9.63. The van der Waals surface area contributed by atoms with Gasteiger partial charge in [0, 0.05) is 17.7 Å². The summed E-state index contributed by atoms with van der Waals surface area (Å²) in [5, 5.41) is 16.2. The number of aliphatic hydroxyl groups is 1. The van der Waals surface area contributed by atoms with Gasteiger partial charge in [-0.3, -0.25) is 9.59 Å². The molecule has 40 heavy (non-hydrogen) atoms. The number of hydrogen-bond acceptors (Lipinski definition) is 8. The Morgan fingerprint density at radius 3 is 2.90 bits per heavy atom. The Bertz CT molecular complexity index is 1450. The highest BCUT2D eigenvalue weighted by Crippen LogP contribution is 2.38. The number of benzene rings is 2. The molecule has 208 valence electrons. The Labute approximate surface area is 237 Å². The van der Waals surface area contributed by atoms with Crippen molar-refractivity contribution in [3.8, 4) is 17.0 Å². The Morgan fingerprint density at radius 1 is 1.30 bits per heavy atom. The van der Waals surface area contributed by atoms with Gasteiger partial charge >= 0.3 is 0 Å². The zero-order chi connectivity index (χ0) is 28.2. The van der Waals surface area contributed by atoms with Gasteiger partial charge < -0.3 is 30.1 Å². The standard InChI is InChI=1S/C29H30ClN5O5/c1-17(18-4-3-5-21(12-18)39-2)32-26(37)15-35-25(8-10-36)22-7-6-19(13-23(22)28(35)38)27-24(30)14-31-29(34-27)33-20-9-11-40-16-20/h3-7,9,11-14,17,20,25,36H,8,10,15-16H2,1-2H3,(H,32,37)(H,31,33,34)/t17-,20?,25?/m1/s1. The number of halogens is 1. The maximum Gasteiger partial charge on any atom is 0.255 e. The molecule has 0 spiro atoms. The number of aliphatic hydroxyl groups excluding tert-OH is 1. The number of anilines is 1. The third kappa shape index (κ3) is 5.73. The van der Waals surface area contributed by atoms with Crippen LogP contribution in [0, 0.1) is 0 Å². The lowest BCUT2D eigenvalue weighted by Crippen LogP contribution is -2.40. The molecule has 1 aromatic heterocycles. The van der Waals surface area contributed by atoms with E-state index in [9.17, 15) is 14.7 Å². The molecule has 3 N–H and O–H groups in total. The third-order valence-corrected chi connectivity index (χ3v) is 7.26. The van der Waals surface area contributed by atoms with Crippen molar-refractivity contribution in [2.75, 3.05) is 32.2 Å². The van der Waals surface area contributed by atoms with Gasteiger partial charge in [-0.05, 0) is 48.7 Å². The van der Waals surface area contributed by atoms with Crippen LogP contribution in [0.25, 0.3) is 11.3 Å². The lowest BCUT2D eigenvalue weighted by atomic mass is 9.99. The SMILES string of the molecule is COc1cccc([C@@H](C)NC(=O)CN2C(=O)c3cc(-c4nc(NC5C=COC5)ncc4Cl)ccc3C2CCO)c1. The number of fused-ring (bicyclic) bond motifs is 1. The van der Waals surface area contributed by atoms with Crippen LogP contribution in [0.5, 0.6) is 5.75 Å². The van der Waals surface area contributed by atoms with E-state index in [2.05, 4.69) is 20.6 Å². The summed E-state index contributed by atoms with van der Waals surface area (Å²) < 4.78 is 10.5. The molecular weight excluding hydrogens is 534 g/mol. The first-order valence-electron chi connectivity index (χ1n) is 12.9. The van der Waals surface area contributed by atoms with Gasteiger partial charge in [0.05, 0.1) is 48.4 Å². The van der Waals surface area contributed by atoms with Crippen molar-refractivity contribution in [2.45, 2.75) is 31.5 Å². The summed E-state index contributed by atoms with van der Waals surface area (Å²) in [6.07, 6.45) is 5.30. The molecule has 10 nitrogen and oxygen atoms in total. The van der Waals surface area contributed by atoms with E-state index in [1.54, 1.807) is 19.4 Å². The van der Waals surface area contributed by atoms with Crippen molar-refractivity contribution < 1.29 is 24.2 Å². The van der Waals surface area contributed by atoms with Crippen molar-refractivity contribution >= 4 is 29.4 Å². The minimum absolute atomic E-state index is 0.0544. The van der Waals surface area contributed by atoms with E-state index in [0.717, 1.165) is 11.1 Å². The van der Waals surface area contributed by atoms with E-state index < -0.39 is 6.04 Å². The summed E-state index contributed by atoms with van der Waals surface area (Å²) >= 11 is 6.45. The lowest BCUT2D eigenvalue weighted by molar-refractivity contribution is -0.122. The molecule has 3 atom stereocenters. The second kappa shape index (κ2) is 11.9. The monoisotopic (exact) mass is 563 g/mol. The molecule has 2 aromatic carbocycles. The van der Waals surface area contributed by atoms with Gasteiger partial charge in [-0.15, -0.1) is 0 Å². The molecule has 2 aliphatic rings. The minimum atomic E-state index is -0.438. The predicted octanol–water partition coefficient (Wildman–Crippen LogP) is 3.89. The molecule has 0 saturated carbocycles. The van der Waals surface area contributed by atoms with Crippen molar-refractivity contribution in [1.82, 2.24) is 20.2 Å². The van der Waals surface area contributed by atoms with E-state index >= 15 is 0 Å². The van der Waals surface area contributed by atoms with E-state index in [-0.39, 0.29) is 37.0 Å². The fourth-order valence-corrected chi connectivity index (χ4v) is 5.16. The van der Waals surface area contributed by atoms with Crippen molar-refractivity contribution in [2.24, 2.45) is 0 Å². The summed E-state index contributed by atoms with van der Waals surface area (Å²) in [4.78, 5) is 36.9. The Hall–Kier alpha value is -4.15. The van der Waals surface area contributed by atoms with Crippen LogP contribution in [-0.4, -0.2) is 64.7 Å². The number of amides is 2. The number of rotatable bonds is 10. The highest BCUT2D eigenvalue weighted by atomic mass is 35.5.